The molecule has 2 fully saturated rings. The van der Waals surface area contributed by atoms with Gasteiger partial charge in [0.1, 0.15) is 5.65 Å². The van der Waals surface area contributed by atoms with E-state index >= 15 is 0 Å². The maximum Gasteiger partial charge on any atom is 0.227 e. The van der Waals surface area contributed by atoms with Crippen LogP contribution in [0.1, 0.15) is 26.5 Å². The number of nitrogens with one attached hydrogen (secondary N) is 1. The van der Waals surface area contributed by atoms with E-state index in [0.717, 1.165) is 31.0 Å². The van der Waals surface area contributed by atoms with Crippen molar-refractivity contribution in [3.05, 3.63) is 48.3 Å². The van der Waals surface area contributed by atoms with Crippen molar-refractivity contribution in [1.82, 2.24) is 29.6 Å². The summed E-state index contributed by atoms with van der Waals surface area (Å²) in [5.74, 6) is 0.0464. The minimum Gasteiger partial charge on any atom is -0.352 e. The number of halogens is 1. The number of hydrogen-bond donors (Lipinski definition) is 1. The summed E-state index contributed by atoms with van der Waals surface area (Å²) < 4.78 is 16.6. The zero-order valence-corrected chi connectivity index (χ0v) is 20.1. The Balaban J connectivity index is 1.24. The van der Waals surface area contributed by atoms with Gasteiger partial charge in [0.2, 0.25) is 11.9 Å². The maximum atomic E-state index is 14.6. The van der Waals surface area contributed by atoms with Gasteiger partial charge >= 0.3 is 0 Å². The van der Waals surface area contributed by atoms with Crippen LogP contribution in [0.25, 0.3) is 5.65 Å². The second kappa shape index (κ2) is 8.50. The number of aromatic nitrogens is 4. The van der Waals surface area contributed by atoms with Gasteiger partial charge in [0.05, 0.1) is 29.5 Å². The first-order chi connectivity index (χ1) is 16.2. The van der Waals surface area contributed by atoms with Crippen LogP contribution < -0.4 is 15.1 Å². The number of nitrogens with zero attached hydrogens (tertiary/aromatic N) is 7. The van der Waals surface area contributed by atoms with Crippen LogP contribution in [-0.2, 0) is 10.3 Å². The summed E-state index contributed by atoms with van der Waals surface area (Å²) in [6.07, 6.45) is 4.97. The van der Waals surface area contributed by atoms with Crippen LogP contribution in [0.5, 0.6) is 0 Å². The number of likely N-dealkylation sites (N-methyl/N-ethyl adjacent to an activating group) is 1. The summed E-state index contributed by atoms with van der Waals surface area (Å²) in [6, 6.07) is 6.17. The Labute approximate surface area is 198 Å². The topological polar surface area (TPSA) is 81.9 Å². The molecule has 2 saturated heterocycles. The highest BCUT2D eigenvalue weighted by atomic mass is 19.1. The zero-order chi connectivity index (χ0) is 24.0. The number of anilines is 2. The second-order valence-corrected chi connectivity index (χ2v) is 9.91. The molecule has 0 saturated carbocycles. The summed E-state index contributed by atoms with van der Waals surface area (Å²) in [4.78, 5) is 32.4. The van der Waals surface area contributed by atoms with Gasteiger partial charge in [-0.2, -0.15) is 4.98 Å². The Bertz CT molecular complexity index is 1200. The molecule has 0 unspecified atom stereocenters. The molecule has 0 aliphatic carbocycles. The lowest BCUT2D eigenvalue weighted by Gasteiger charge is -2.41. The van der Waals surface area contributed by atoms with Crippen LogP contribution in [0.3, 0.4) is 0 Å². The number of hydrogen-bond acceptors (Lipinski definition) is 7. The van der Waals surface area contributed by atoms with Crippen LogP contribution in [0.2, 0.25) is 0 Å². The Hall–Kier alpha value is -3.27. The largest absolute Gasteiger partial charge is 0.352 e. The fourth-order valence-corrected chi connectivity index (χ4v) is 4.64. The average Bonchev–Trinajstić information content (AvgIpc) is 3.21. The molecule has 180 valence electrons. The first-order valence-electron chi connectivity index (χ1n) is 11.7. The van der Waals surface area contributed by atoms with Crippen LogP contribution >= 0.6 is 0 Å². The van der Waals surface area contributed by atoms with Gasteiger partial charge in [-0.25, -0.2) is 14.4 Å². The number of pyridine rings is 1. The number of fused-ring (bicyclic) bond motifs is 1. The number of piperazine rings is 1. The lowest BCUT2D eigenvalue weighted by Crippen LogP contribution is -2.57. The molecule has 34 heavy (non-hydrogen) atoms. The van der Waals surface area contributed by atoms with E-state index < -0.39 is 11.4 Å². The standard InChI is InChI=1S/C24H31FN8O/c1-16-13-31(10-9-30(16)4)23-27-11-18(25)21(28-23)32-14-17(15-32)22(34)29-24(2,3)19-12-26-20-7-5-6-8-33(19)20/h5-8,11-12,16-17H,9-10,13-15H2,1-4H3,(H,29,34)/t16-/m1/s1. The lowest BCUT2D eigenvalue weighted by molar-refractivity contribution is -0.127. The monoisotopic (exact) mass is 466 g/mol. The molecule has 1 N–H and O–H groups in total. The van der Waals surface area contributed by atoms with Crippen molar-refractivity contribution in [2.24, 2.45) is 5.92 Å². The van der Waals surface area contributed by atoms with Gasteiger partial charge < -0.3 is 24.4 Å². The van der Waals surface area contributed by atoms with E-state index in [1.165, 1.54) is 6.20 Å². The number of rotatable bonds is 5. The molecule has 0 spiro atoms. The Morgan fingerprint density at radius 2 is 1.91 bits per heavy atom. The molecule has 9 nitrogen and oxygen atoms in total. The Kier molecular flexibility index (Phi) is 5.63. The molecule has 3 aromatic rings. The molecule has 5 rings (SSSR count). The molecule has 2 aliphatic rings. The molecule has 1 amide bonds. The summed E-state index contributed by atoms with van der Waals surface area (Å²) in [5.41, 5.74) is 1.13. The Morgan fingerprint density at radius 3 is 2.68 bits per heavy atom. The number of amides is 1. The van der Waals surface area contributed by atoms with Gasteiger partial charge in [0.25, 0.3) is 0 Å². The Morgan fingerprint density at radius 1 is 1.12 bits per heavy atom. The molecular formula is C24H31FN8O. The summed E-state index contributed by atoms with van der Waals surface area (Å²) in [6.45, 7) is 9.43. The quantitative estimate of drug-likeness (QED) is 0.615. The molecule has 1 atom stereocenters. The van der Waals surface area contributed by atoms with E-state index in [2.05, 4.69) is 44.0 Å². The first-order valence-corrected chi connectivity index (χ1v) is 11.7. The number of carbonyl (C=O) groups excluding carboxylic acids is 1. The fourth-order valence-electron chi connectivity index (χ4n) is 4.64. The van der Waals surface area contributed by atoms with Crippen LogP contribution in [0.15, 0.2) is 36.8 Å². The average molecular weight is 467 g/mol. The molecule has 5 heterocycles. The van der Waals surface area contributed by atoms with Crippen LogP contribution in [0.4, 0.5) is 16.2 Å². The molecule has 0 aromatic carbocycles. The highest BCUT2D eigenvalue weighted by molar-refractivity contribution is 5.82. The van der Waals surface area contributed by atoms with Gasteiger partial charge in [-0.1, -0.05) is 6.07 Å². The van der Waals surface area contributed by atoms with Gasteiger partial charge in [0.15, 0.2) is 11.6 Å². The van der Waals surface area contributed by atoms with Crippen LogP contribution in [-0.4, -0.2) is 76.0 Å². The van der Waals surface area contributed by atoms with Crippen molar-refractivity contribution in [2.75, 3.05) is 49.6 Å². The number of carbonyl (C=O) groups is 1. The first kappa shape index (κ1) is 22.5. The van der Waals surface area contributed by atoms with Crippen molar-refractivity contribution < 1.29 is 9.18 Å². The molecule has 0 radical (unpaired) electrons. The van der Waals surface area contributed by atoms with Gasteiger partial charge in [0, 0.05) is 45.0 Å². The fraction of sp³-hybridized carbons (Fsp3) is 0.500. The molecule has 3 aromatic heterocycles. The predicted octanol–water partition coefficient (Wildman–Crippen LogP) is 1.89. The van der Waals surface area contributed by atoms with Crippen molar-refractivity contribution in [1.29, 1.82) is 0 Å². The van der Waals surface area contributed by atoms with Crippen molar-refractivity contribution in [2.45, 2.75) is 32.4 Å². The molecule has 0 bridgehead atoms. The minimum absolute atomic E-state index is 0.0605. The summed E-state index contributed by atoms with van der Waals surface area (Å²) in [5, 5.41) is 3.15. The van der Waals surface area contributed by atoms with Crippen molar-refractivity contribution >= 4 is 23.3 Å². The van der Waals surface area contributed by atoms with Gasteiger partial charge in [-0.3, -0.25) is 4.79 Å². The van der Waals surface area contributed by atoms with E-state index in [-0.39, 0.29) is 17.6 Å². The molecule has 10 heteroatoms. The SMILES string of the molecule is C[C@@H]1CN(c2ncc(F)c(N3CC(C(=O)NC(C)(C)c4cnc5ccccn45)C3)n2)CCN1C. The highest BCUT2D eigenvalue weighted by Gasteiger charge is 2.38. The van der Waals surface area contributed by atoms with Crippen molar-refractivity contribution in [3.63, 3.8) is 0 Å². The third-order valence-electron chi connectivity index (χ3n) is 7.00. The van der Waals surface area contributed by atoms with E-state index in [0.29, 0.717) is 25.1 Å². The normalized spacial score (nSPS) is 20.0. The highest BCUT2D eigenvalue weighted by Crippen LogP contribution is 2.29. The van der Waals surface area contributed by atoms with Gasteiger partial charge in [-0.15, -0.1) is 0 Å². The third-order valence-corrected chi connectivity index (χ3v) is 7.00. The van der Waals surface area contributed by atoms with E-state index in [4.69, 9.17) is 0 Å². The second-order valence-electron chi connectivity index (χ2n) is 9.91. The minimum atomic E-state index is -0.607. The molecular weight excluding hydrogens is 435 g/mol. The van der Waals surface area contributed by atoms with Gasteiger partial charge in [-0.05, 0) is 40.0 Å². The maximum absolute atomic E-state index is 14.6. The van der Waals surface area contributed by atoms with Crippen molar-refractivity contribution in [3.8, 4) is 0 Å². The van der Waals surface area contributed by atoms with Crippen LogP contribution in [0, 0.1) is 11.7 Å². The van der Waals surface area contributed by atoms with E-state index in [9.17, 15) is 9.18 Å². The predicted molar refractivity (Wildman–Crippen MR) is 128 cm³/mol. The summed E-state index contributed by atoms with van der Waals surface area (Å²) in [7, 11) is 2.10. The summed E-state index contributed by atoms with van der Waals surface area (Å²) >= 11 is 0. The van der Waals surface area contributed by atoms with E-state index in [1.54, 1.807) is 6.20 Å². The number of imidazole rings is 1. The molecule has 2 aliphatic heterocycles. The smallest absolute Gasteiger partial charge is 0.227 e. The van der Waals surface area contributed by atoms with E-state index in [1.807, 2.05) is 47.5 Å². The zero-order valence-electron chi connectivity index (χ0n) is 20.1. The third kappa shape index (κ3) is 4.06. The lowest BCUT2D eigenvalue weighted by atomic mass is 9.95.